The van der Waals surface area contributed by atoms with E-state index in [0.29, 0.717) is 31.3 Å². The molecule has 1 aliphatic heterocycles. The van der Waals surface area contributed by atoms with Crippen LogP contribution < -0.4 is 0 Å². The molecule has 2 aromatic rings. The summed E-state index contributed by atoms with van der Waals surface area (Å²) in [6.07, 6.45) is -0.368. The summed E-state index contributed by atoms with van der Waals surface area (Å²) in [4.78, 5) is 10.9. The summed E-state index contributed by atoms with van der Waals surface area (Å²) in [7, 11) is 0. The predicted molar refractivity (Wildman–Crippen MR) is 66.2 cm³/mol. The number of hydrogen-bond donors (Lipinski definition) is 1. The summed E-state index contributed by atoms with van der Waals surface area (Å²) in [5, 5.41) is 16.8. The molecular formula is C13H12N2O5. The van der Waals surface area contributed by atoms with E-state index in [2.05, 4.69) is 10.2 Å². The Morgan fingerprint density at radius 3 is 2.95 bits per heavy atom. The third-order valence-electron chi connectivity index (χ3n) is 2.89. The standard InChI is InChI=1S/C13H12N2O5/c16-13(17)9-3-1-2-8(6-9)11-14-15-12(20-11)10-7-18-4-5-19-10/h1-3,6,10H,4-5,7H2,(H,16,17). The number of ether oxygens (including phenoxy) is 2. The van der Waals surface area contributed by atoms with Crippen molar-refractivity contribution >= 4 is 5.97 Å². The minimum Gasteiger partial charge on any atom is -0.478 e. The zero-order valence-electron chi connectivity index (χ0n) is 10.5. The maximum Gasteiger partial charge on any atom is 0.335 e. The predicted octanol–water partition coefficient (Wildman–Crippen LogP) is 1.52. The fraction of sp³-hybridized carbons (Fsp3) is 0.308. The first-order valence-corrected chi connectivity index (χ1v) is 6.10. The minimum atomic E-state index is -1.00. The van der Waals surface area contributed by atoms with Crippen molar-refractivity contribution in [3.05, 3.63) is 35.7 Å². The molecule has 7 heteroatoms. The van der Waals surface area contributed by atoms with E-state index < -0.39 is 5.97 Å². The Bertz CT molecular complexity index is 619. The molecule has 0 saturated carbocycles. The Kier molecular flexibility index (Phi) is 3.44. The number of rotatable bonds is 3. The van der Waals surface area contributed by atoms with Crippen LogP contribution in [0.4, 0.5) is 0 Å². The number of aromatic carboxylic acids is 1. The maximum atomic E-state index is 10.9. The lowest BCUT2D eigenvalue weighted by Gasteiger charge is -2.19. The lowest BCUT2D eigenvalue weighted by molar-refractivity contribution is -0.0995. The molecule has 0 radical (unpaired) electrons. The molecule has 1 atom stereocenters. The van der Waals surface area contributed by atoms with Gasteiger partial charge in [-0.15, -0.1) is 10.2 Å². The molecule has 20 heavy (non-hydrogen) atoms. The van der Waals surface area contributed by atoms with Crippen LogP contribution in [0.3, 0.4) is 0 Å². The van der Waals surface area contributed by atoms with Gasteiger partial charge in [0.2, 0.25) is 11.8 Å². The SMILES string of the molecule is O=C(O)c1cccc(-c2nnc(C3COCCO3)o2)c1. The van der Waals surface area contributed by atoms with Crippen LogP contribution in [0, 0.1) is 0 Å². The first-order chi connectivity index (χ1) is 9.74. The number of benzene rings is 1. The molecule has 104 valence electrons. The lowest BCUT2D eigenvalue weighted by atomic mass is 10.1. The van der Waals surface area contributed by atoms with E-state index in [1.807, 2.05) is 0 Å². The van der Waals surface area contributed by atoms with E-state index in [-0.39, 0.29) is 17.6 Å². The second-order valence-electron chi connectivity index (χ2n) is 4.27. The van der Waals surface area contributed by atoms with Crippen molar-refractivity contribution in [2.75, 3.05) is 19.8 Å². The topological polar surface area (TPSA) is 94.7 Å². The first kappa shape index (κ1) is 12.8. The van der Waals surface area contributed by atoms with Gasteiger partial charge in [0.15, 0.2) is 6.10 Å². The highest BCUT2D eigenvalue weighted by Crippen LogP contribution is 2.24. The number of hydrogen-bond acceptors (Lipinski definition) is 6. The quantitative estimate of drug-likeness (QED) is 0.908. The molecule has 1 aliphatic rings. The smallest absolute Gasteiger partial charge is 0.335 e. The van der Waals surface area contributed by atoms with Gasteiger partial charge in [-0.3, -0.25) is 0 Å². The number of carboxylic acids is 1. The van der Waals surface area contributed by atoms with Crippen molar-refractivity contribution in [1.82, 2.24) is 10.2 Å². The van der Waals surface area contributed by atoms with Gasteiger partial charge < -0.3 is 19.0 Å². The average molecular weight is 276 g/mol. The highest BCUT2D eigenvalue weighted by atomic mass is 16.6. The number of nitrogens with zero attached hydrogens (tertiary/aromatic N) is 2. The zero-order chi connectivity index (χ0) is 13.9. The molecule has 3 rings (SSSR count). The Balaban J connectivity index is 1.85. The Hall–Kier alpha value is -2.25. The monoisotopic (exact) mass is 276 g/mol. The maximum absolute atomic E-state index is 10.9. The van der Waals surface area contributed by atoms with Crippen molar-refractivity contribution in [1.29, 1.82) is 0 Å². The zero-order valence-corrected chi connectivity index (χ0v) is 10.5. The fourth-order valence-electron chi connectivity index (χ4n) is 1.90. The molecule has 1 aromatic heterocycles. The number of aromatic nitrogens is 2. The molecule has 2 heterocycles. The Morgan fingerprint density at radius 1 is 1.30 bits per heavy atom. The summed E-state index contributed by atoms with van der Waals surface area (Å²) in [6, 6.07) is 6.32. The molecule has 1 aromatic carbocycles. The molecule has 0 bridgehead atoms. The molecule has 0 aliphatic carbocycles. The molecule has 1 N–H and O–H groups in total. The van der Waals surface area contributed by atoms with Crippen molar-refractivity contribution in [3.8, 4) is 11.5 Å². The fourth-order valence-corrected chi connectivity index (χ4v) is 1.90. The minimum absolute atomic E-state index is 0.166. The second-order valence-corrected chi connectivity index (χ2v) is 4.27. The van der Waals surface area contributed by atoms with Gasteiger partial charge >= 0.3 is 5.97 Å². The van der Waals surface area contributed by atoms with E-state index in [0.717, 1.165) is 0 Å². The number of carbonyl (C=O) groups is 1. The van der Waals surface area contributed by atoms with Crippen LogP contribution in [0.5, 0.6) is 0 Å². The highest BCUT2D eigenvalue weighted by molar-refractivity contribution is 5.88. The molecule has 0 amide bonds. The average Bonchev–Trinajstić information content (AvgIpc) is 2.98. The molecule has 1 saturated heterocycles. The molecular weight excluding hydrogens is 264 g/mol. The van der Waals surface area contributed by atoms with Gasteiger partial charge in [-0.05, 0) is 18.2 Å². The van der Waals surface area contributed by atoms with Gasteiger partial charge in [-0.1, -0.05) is 6.07 Å². The van der Waals surface area contributed by atoms with Crippen LogP contribution in [-0.2, 0) is 9.47 Å². The summed E-state index contributed by atoms with van der Waals surface area (Å²) in [6.45, 7) is 1.41. The van der Waals surface area contributed by atoms with E-state index in [9.17, 15) is 4.79 Å². The van der Waals surface area contributed by atoms with E-state index in [1.54, 1.807) is 12.1 Å². The summed E-state index contributed by atoms with van der Waals surface area (Å²) < 4.78 is 16.3. The van der Waals surface area contributed by atoms with Crippen LogP contribution in [0.1, 0.15) is 22.4 Å². The molecule has 1 unspecified atom stereocenters. The second kappa shape index (κ2) is 5.40. The number of carboxylic acid groups (broad SMARTS) is 1. The normalized spacial score (nSPS) is 18.9. The first-order valence-electron chi connectivity index (χ1n) is 6.10. The summed E-state index contributed by atoms with van der Waals surface area (Å²) in [5.41, 5.74) is 0.722. The van der Waals surface area contributed by atoms with E-state index in [4.69, 9.17) is 19.0 Å². The van der Waals surface area contributed by atoms with Gasteiger partial charge in [0.25, 0.3) is 0 Å². The van der Waals surface area contributed by atoms with E-state index in [1.165, 1.54) is 12.1 Å². The molecule has 7 nitrogen and oxygen atoms in total. The van der Waals surface area contributed by atoms with Crippen LogP contribution in [0.25, 0.3) is 11.5 Å². The molecule has 0 spiro atoms. The van der Waals surface area contributed by atoms with Crippen LogP contribution in [0.2, 0.25) is 0 Å². The summed E-state index contributed by atoms with van der Waals surface area (Å²) in [5.74, 6) is -0.409. The lowest BCUT2D eigenvalue weighted by Crippen LogP contribution is -2.22. The van der Waals surface area contributed by atoms with Gasteiger partial charge in [0.05, 0.1) is 25.4 Å². The van der Waals surface area contributed by atoms with Crippen molar-refractivity contribution in [3.63, 3.8) is 0 Å². The van der Waals surface area contributed by atoms with Gasteiger partial charge in [0.1, 0.15) is 0 Å². The summed E-state index contributed by atoms with van der Waals surface area (Å²) >= 11 is 0. The van der Waals surface area contributed by atoms with Gasteiger partial charge in [-0.25, -0.2) is 4.79 Å². The van der Waals surface area contributed by atoms with Crippen molar-refractivity contribution < 1.29 is 23.8 Å². The van der Waals surface area contributed by atoms with Crippen molar-refractivity contribution in [2.24, 2.45) is 0 Å². The van der Waals surface area contributed by atoms with Crippen LogP contribution >= 0.6 is 0 Å². The Labute approximate surface area is 114 Å². The van der Waals surface area contributed by atoms with Gasteiger partial charge in [-0.2, -0.15) is 0 Å². The van der Waals surface area contributed by atoms with Crippen LogP contribution in [-0.4, -0.2) is 41.1 Å². The Morgan fingerprint density at radius 2 is 2.20 bits per heavy atom. The highest BCUT2D eigenvalue weighted by Gasteiger charge is 2.23. The van der Waals surface area contributed by atoms with Gasteiger partial charge in [0, 0.05) is 5.56 Å². The van der Waals surface area contributed by atoms with Crippen LogP contribution in [0.15, 0.2) is 28.7 Å². The molecule has 1 fully saturated rings. The third kappa shape index (κ3) is 2.54. The third-order valence-corrected chi connectivity index (χ3v) is 2.89. The van der Waals surface area contributed by atoms with E-state index >= 15 is 0 Å². The largest absolute Gasteiger partial charge is 0.478 e. The van der Waals surface area contributed by atoms with Crippen molar-refractivity contribution in [2.45, 2.75) is 6.10 Å².